The van der Waals surface area contributed by atoms with E-state index in [-0.39, 0.29) is 12.1 Å². The molecule has 0 aliphatic heterocycles. The lowest BCUT2D eigenvalue weighted by atomic mass is 10.3. The Bertz CT molecular complexity index is 577. The van der Waals surface area contributed by atoms with Gasteiger partial charge in [-0.3, -0.25) is 4.98 Å². The molecule has 112 valence electrons. The fourth-order valence-electron chi connectivity index (χ4n) is 1.64. The number of thiophene rings is 1. The molecular formula is C13H16ClN5OS. The summed E-state index contributed by atoms with van der Waals surface area (Å²) in [4.78, 5) is 20.8. The lowest BCUT2D eigenvalue weighted by Crippen LogP contribution is -2.39. The third-order valence-electron chi connectivity index (χ3n) is 2.65. The number of carbonyl (C=O) groups excluding carboxylic acids is 1. The summed E-state index contributed by atoms with van der Waals surface area (Å²) in [7, 11) is 0. The van der Waals surface area contributed by atoms with Crippen LogP contribution >= 0.6 is 22.9 Å². The van der Waals surface area contributed by atoms with Gasteiger partial charge in [0.25, 0.3) is 0 Å². The van der Waals surface area contributed by atoms with E-state index in [2.05, 4.69) is 25.9 Å². The number of amides is 2. The van der Waals surface area contributed by atoms with Crippen molar-refractivity contribution in [2.24, 2.45) is 0 Å². The van der Waals surface area contributed by atoms with Crippen LogP contribution in [0.25, 0.3) is 0 Å². The molecule has 6 nitrogen and oxygen atoms in total. The van der Waals surface area contributed by atoms with Crippen LogP contribution in [0.3, 0.4) is 0 Å². The number of hydrogen-bond acceptors (Lipinski definition) is 5. The Hall–Kier alpha value is -1.86. The first-order chi connectivity index (χ1) is 10.1. The van der Waals surface area contributed by atoms with Gasteiger partial charge in [0, 0.05) is 30.4 Å². The fraction of sp³-hybridized carbons (Fsp3) is 0.308. The quantitative estimate of drug-likeness (QED) is 0.713. The van der Waals surface area contributed by atoms with Crippen LogP contribution in [0.4, 0.5) is 10.6 Å². The van der Waals surface area contributed by atoms with Crippen LogP contribution < -0.4 is 16.0 Å². The highest BCUT2D eigenvalue weighted by molar-refractivity contribution is 7.16. The average molecular weight is 326 g/mol. The average Bonchev–Trinajstić information content (AvgIpc) is 2.91. The van der Waals surface area contributed by atoms with E-state index in [0.29, 0.717) is 23.2 Å². The molecule has 0 bridgehead atoms. The zero-order valence-corrected chi connectivity index (χ0v) is 13.0. The van der Waals surface area contributed by atoms with Crippen LogP contribution in [0, 0.1) is 0 Å². The van der Waals surface area contributed by atoms with Crippen LogP contribution in [0.15, 0.2) is 30.7 Å². The summed E-state index contributed by atoms with van der Waals surface area (Å²) in [6.45, 7) is 2.98. The molecule has 2 aromatic heterocycles. The number of urea groups is 1. The molecule has 2 amide bonds. The maximum absolute atomic E-state index is 11.7. The number of hydrogen-bond donors (Lipinski definition) is 3. The Kier molecular flexibility index (Phi) is 5.77. The summed E-state index contributed by atoms with van der Waals surface area (Å²) in [5.74, 6) is 0.682. The van der Waals surface area contributed by atoms with Crippen molar-refractivity contribution in [1.82, 2.24) is 20.6 Å². The van der Waals surface area contributed by atoms with E-state index in [4.69, 9.17) is 11.6 Å². The predicted octanol–water partition coefficient (Wildman–Crippen LogP) is 2.66. The molecule has 8 heteroatoms. The minimum Gasteiger partial charge on any atom is -0.367 e. The SMILES string of the molecule is C[C@@H](NC(=O)NCCNc1cnccn1)c1ccc(Cl)s1. The number of halogens is 1. The molecule has 21 heavy (non-hydrogen) atoms. The summed E-state index contributed by atoms with van der Waals surface area (Å²) in [5, 5.41) is 8.68. The molecule has 0 fully saturated rings. The number of anilines is 1. The highest BCUT2D eigenvalue weighted by Crippen LogP contribution is 2.26. The second-order valence-electron chi connectivity index (χ2n) is 4.28. The predicted molar refractivity (Wildman–Crippen MR) is 84.8 cm³/mol. The monoisotopic (exact) mass is 325 g/mol. The van der Waals surface area contributed by atoms with Gasteiger partial charge in [-0.05, 0) is 19.1 Å². The minimum absolute atomic E-state index is 0.0737. The van der Waals surface area contributed by atoms with Crippen molar-refractivity contribution < 1.29 is 4.79 Å². The highest BCUT2D eigenvalue weighted by atomic mass is 35.5. The first kappa shape index (κ1) is 15.5. The molecule has 0 aliphatic carbocycles. The maximum atomic E-state index is 11.7. The van der Waals surface area contributed by atoms with Gasteiger partial charge in [0.1, 0.15) is 5.82 Å². The molecule has 0 spiro atoms. The van der Waals surface area contributed by atoms with Gasteiger partial charge < -0.3 is 16.0 Å². The van der Waals surface area contributed by atoms with Crippen LogP contribution in [0.5, 0.6) is 0 Å². The largest absolute Gasteiger partial charge is 0.367 e. The van der Waals surface area contributed by atoms with E-state index in [1.54, 1.807) is 18.6 Å². The zero-order chi connectivity index (χ0) is 15.1. The smallest absolute Gasteiger partial charge is 0.315 e. The molecule has 0 radical (unpaired) electrons. The topological polar surface area (TPSA) is 78.9 Å². The molecule has 1 atom stereocenters. The van der Waals surface area contributed by atoms with E-state index in [1.807, 2.05) is 19.1 Å². The van der Waals surface area contributed by atoms with E-state index in [9.17, 15) is 4.79 Å². The number of carbonyl (C=O) groups is 1. The van der Waals surface area contributed by atoms with Gasteiger partial charge in [-0.1, -0.05) is 11.6 Å². The van der Waals surface area contributed by atoms with Crippen molar-refractivity contribution in [3.05, 3.63) is 39.9 Å². The van der Waals surface area contributed by atoms with Gasteiger partial charge in [-0.15, -0.1) is 11.3 Å². The third-order valence-corrected chi connectivity index (χ3v) is 4.06. The first-order valence-corrected chi connectivity index (χ1v) is 7.64. The summed E-state index contributed by atoms with van der Waals surface area (Å²) in [5.41, 5.74) is 0. The van der Waals surface area contributed by atoms with Gasteiger partial charge in [0.05, 0.1) is 16.6 Å². The van der Waals surface area contributed by atoms with Gasteiger partial charge >= 0.3 is 6.03 Å². The van der Waals surface area contributed by atoms with Crippen LogP contribution in [-0.4, -0.2) is 29.1 Å². The second kappa shape index (κ2) is 7.80. The van der Waals surface area contributed by atoms with Gasteiger partial charge in [-0.2, -0.15) is 0 Å². The van der Waals surface area contributed by atoms with E-state index in [0.717, 1.165) is 4.88 Å². The normalized spacial score (nSPS) is 11.7. The second-order valence-corrected chi connectivity index (χ2v) is 6.03. The lowest BCUT2D eigenvalue weighted by molar-refractivity contribution is 0.238. The van der Waals surface area contributed by atoms with Crippen molar-refractivity contribution in [3.8, 4) is 0 Å². The van der Waals surface area contributed by atoms with Gasteiger partial charge in [0.2, 0.25) is 0 Å². The van der Waals surface area contributed by atoms with Crippen LogP contribution in [-0.2, 0) is 0 Å². The van der Waals surface area contributed by atoms with E-state index < -0.39 is 0 Å². The van der Waals surface area contributed by atoms with Crippen molar-refractivity contribution in [1.29, 1.82) is 0 Å². The molecule has 0 aromatic carbocycles. The molecular weight excluding hydrogens is 310 g/mol. The molecule has 2 rings (SSSR count). The standard InChI is InChI=1S/C13H16ClN5OS/c1-9(10-2-3-11(14)21-10)19-13(20)18-7-6-17-12-8-15-4-5-16-12/h2-5,8-9H,6-7H2,1H3,(H,16,17)(H2,18,19,20)/t9-/m1/s1. The molecule has 0 saturated carbocycles. The number of rotatable bonds is 6. The van der Waals surface area contributed by atoms with Crippen molar-refractivity contribution in [2.45, 2.75) is 13.0 Å². The maximum Gasteiger partial charge on any atom is 0.315 e. The van der Waals surface area contributed by atoms with Crippen molar-refractivity contribution in [2.75, 3.05) is 18.4 Å². The number of nitrogens with zero attached hydrogens (tertiary/aromatic N) is 2. The molecule has 2 heterocycles. The Morgan fingerprint density at radius 2 is 2.24 bits per heavy atom. The molecule has 0 unspecified atom stereocenters. The van der Waals surface area contributed by atoms with E-state index >= 15 is 0 Å². The molecule has 3 N–H and O–H groups in total. The zero-order valence-electron chi connectivity index (χ0n) is 11.5. The number of nitrogens with one attached hydrogen (secondary N) is 3. The van der Waals surface area contributed by atoms with Gasteiger partial charge in [-0.25, -0.2) is 9.78 Å². The van der Waals surface area contributed by atoms with Crippen molar-refractivity contribution >= 4 is 34.8 Å². The summed E-state index contributed by atoms with van der Waals surface area (Å²) in [6, 6.07) is 3.44. The summed E-state index contributed by atoms with van der Waals surface area (Å²) in [6.07, 6.45) is 4.84. The Labute approximate surface area is 132 Å². The molecule has 0 saturated heterocycles. The van der Waals surface area contributed by atoms with Crippen LogP contribution in [0.2, 0.25) is 4.34 Å². The lowest BCUT2D eigenvalue weighted by Gasteiger charge is -2.13. The Balaban J connectivity index is 1.65. The molecule has 0 aliphatic rings. The number of aromatic nitrogens is 2. The Morgan fingerprint density at radius 3 is 2.90 bits per heavy atom. The van der Waals surface area contributed by atoms with E-state index in [1.165, 1.54) is 11.3 Å². The van der Waals surface area contributed by atoms with Crippen LogP contribution in [0.1, 0.15) is 17.8 Å². The Morgan fingerprint density at radius 1 is 1.38 bits per heavy atom. The highest BCUT2D eigenvalue weighted by Gasteiger charge is 2.10. The fourth-order valence-corrected chi connectivity index (χ4v) is 2.70. The summed E-state index contributed by atoms with van der Waals surface area (Å²) >= 11 is 7.33. The first-order valence-electron chi connectivity index (χ1n) is 6.44. The summed E-state index contributed by atoms with van der Waals surface area (Å²) < 4.78 is 0.715. The molecule has 2 aromatic rings. The minimum atomic E-state index is -0.215. The van der Waals surface area contributed by atoms with Crippen molar-refractivity contribution in [3.63, 3.8) is 0 Å². The van der Waals surface area contributed by atoms with Gasteiger partial charge in [0.15, 0.2) is 0 Å². The third kappa shape index (κ3) is 5.20.